The summed E-state index contributed by atoms with van der Waals surface area (Å²) in [5, 5.41) is 10.9. The lowest BCUT2D eigenvalue weighted by atomic mass is 10.3. The Morgan fingerprint density at radius 3 is 2.53 bits per heavy atom. The number of carboxylic acids is 1. The van der Waals surface area contributed by atoms with E-state index >= 15 is 0 Å². The number of hydrogen-bond donors (Lipinski definition) is 2. The van der Waals surface area contributed by atoms with Gasteiger partial charge in [-0.2, -0.15) is 0 Å². The van der Waals surface area contributed by atoms with Crippen molar-refractivity contribution in [2.45, 2.75) is 38.8 Å². The molecule has 0 bridgehead atoms. The average molecular weight is 215 g/mol. The van der Waals surface area contributed by atoms with E-state index in [9.17, 15) is 9.59 Å². The van der Waals surface area contributed by atoms with Crippen molar-refractivity contribution < 1.29 is 19.4 Å². The molecule has 1 aliphatic carbocycles. The van der Waals surface area contributed by atoms with Crippen LogP contribution in [0.1, 0.15) is 26.7 Å². The Hall–Kier alpha value is -1.10. The van der Waals surface area contributed by atoms with E-state index < -0.39 is 18.1 Å². The van der Waals surface area contributed by atoms with E-state index in [1.165, 1.54) is 19.8 Å². The molecule has 0 aromatic heterocycles. The van der Waals surface area contributed by atoms with Crippen molar-refractivity contribution >= 4 is 11.9 Å². The zero-order chi connectivity index (χ0) is 11.4. The van der Waals surface area contributed by atoms with Crippen molar-refractivity contribution in [2.24, 2.45) is 5.92 Å². The monoisotopic (exact) mass is 215 g/mol. The summed E-state index contributed by atoms with van der Waals surface area (Å²) < 4.78 is 5.30. The Kier molecular flexibility index (Phi) is 4.08. The van der Waals surface area contributed by atoms with E-state index in [2.05, 4.69) is 5.32 Å². The fourth-order valence-electron chi connectivity index (χ4n) is 1.03. The summed E-state index contributed by atoms with van der Waals surface area (Å²) in [7, 11) is 0. The first-order valence-electron chi connectivity index (χ1n) is 5.15. The molecule has 86 valence electrons. The highest BCUT2D eigenvalue weighted by atomic mass is 16.5. The molecule has 2 atom stereocenters. The molecule has 0 heterocycles. The summed E-state index contributed by atoms with van der Waals surface area (Å²) >= 11 is 0. The lowest BCUT2D eigenvalue weighted by Gasteiger charge is -2.15. The molecule has 2 N–H and O–H groups in total. The summed E-state index contributed by atoms with van der Waals surface area (Å²) in [4.78, 5) is 21.9. The largest absolute Gasteiger partial charge is 0.480 e. The molecule has 0 aromatic rings. The van der Waals surface area contributed by atoms with Gasteiger partial charge in [-0.1, -0.05) is 0 Å². The number of rotatable bonds is 6. The summed E-state index contributed by atoms with van der Waals surface area (Å²) in [6.07, 6.45) is 1.76. The van der Waals surface area contributed by atoms with Crippen LogP contribution in [-0.2, 0) is 14.3 Å². The minimum atomic E-state index is -1.04. The van der Waals surface area contributed by atoms with Crippen LogP contribution in [0.3, 0.4) is 0 Å². The maximum atomic E-state index is 11.4. The quantitative estimate of drug-likeness (QED) is 0.672. The highest BCUT2D eigenvalue weighted by molar-refractivity contribution is 5.85. The van der Waals surface area contributed by atoms with E-state index in [0.29, 0.717) is 12.5 Å². The van der Waals surface area contributed by atoms with Gasteiger partial charge < -0.3 is 15.2 Å². The fraction of sp³-hybridized carbons (Fsp3) is 0.800. The topological polar surface area (TPSA) is 75.6 Å². The average Bonchev–Trinajstić information content (AvgIpc) is 2.97. The Bertz CT molecular complexity index is 250. The first-order chi connectivity index (χ1) is 7.00. The number of carboxylic acid groups (broad SMARTS) is 1. The van der Waals surface area contributed by atoms with E-state index in [1.54, 1.807) is 6.92 Å². The number of carbonyl (C=O) groups is 2. The van der Waals surface area contributed by atoms with Crippen molar-refractivity contribution in [1.82, 2.24) is 5.32 Å². The van der Waals surface area contributed by atoms with Crippen molar-refractivity contribution in [3.05, 3.63) is 0 Å². The van der Waals surface area contributed by atoms with Gasteiger partial charge in [-0.25, -0.2) is 0 Å². The lowest BCUT2D eigenvalue weighted by Crippen LogP contribution is -2.43. The van der Waals surface area contributed by atoms with Gasteiger partial charge in [0.1, 0.15) is 12.1 Å². The molecule has 1 aliphatic rings. The van der Waals surface area contributed by atoms with E-state index in [-0.39, 0.29) is 5.91 Å². The molecule has 0 aliphatic heterocycles. The van der Waals surface area contributed by atoms with Gasteiger partial charge in [0.25, 0.3) is 0 Å². The van der Waals surface area contributed by atoms with Crippen molar-refractivity contribution in [2.75, 3.05) is 6.61 Å². The number of amides is 1. The van der Waals surface area contributed by atoms with Crippen molar-refractivity contribution in [3.8, 4) is 0 Å². The predicted molar refractivity (Wildman–Crippen MR) is 53.4 cm³/mol. The third-order valence-corrected chi connectivity index (χ3v) is 2.38. The van der Waals surface area contributed by atoms with Crippen LogP contribution in [0.2, 0.25) is 0 Å². The molecule has 0 aromatic carbocycles. The van der Waals surface area contributed by atoms with Gasteiger partial charge in [0, 0.05) is 0 Å². The molecule has 1 saturated carbocycles. The normalized spacial score (nSPS) is 19.3. The van der Waals surface area contributed by atoms with Crippen molar-refractivity contribution in [3.63, 3.8) is 0 Å². The zero-order valence-corrected chi connectivity index (χ0v) is 9.03. The number of nitrogens with one attached hydrogen (secondary N) is 1. The Morgan fingerprint density at radius 2 is 2.07 bits per heavy atom. The molecule has 0 saturated heterocycles. The zero-order valence-electron chi connectivity index (χ0n) is 9.03. The molecule has 5 heteroatoms. The van der Waals surface area contributed by atoms with Crippen LogP contribution in [0.4, 0.5) is 0 Å². The second-order valence-electron chi connectivity index (χ2n) is 3.99. The van der Waals surface area contributed by atoms with Crippen LogP contribution < -0.4 is 5.32 Å². The van der Waals surface area contributed by atoms with Crippen LogP contribution in [0, 0.1) is 5.92 Å². The lowest BCUT2D eigenvalue weighted by molar-refractivity contribution is -0.143. The number of aliphatic carboxylic acids is 1. The summed E-state index contributed by atoms with van der Waals surface area (Å²) in [6, 6.07) is -0.871. The number of hydrogen-bond acceptors (Lipinski definition) is 3. The van der Waals surface area contributed by atoms with Crippen LogP contribution >= 0.6 is 0 Å². The molecule has 5 nitrogen and oxygen atoms in total. The maximum Gasteiger partial charge on any atom is 0.325 e. The first-order valence-corrected chi connectivity index (χ1v) is 5.15. The molecule has 1 fully saturated rings. The van der Waals surface area contributed by atoms with Crippen LogP contribution in [-0.4, -0.2) is 35.7 Å². The summed E-state index contributed by atoms with van der Waals surface area (Å²) in [5.74, 6) is -0.819. The van der Waals surface area contributed by atoms with Gasteiger partial charge in [-0.3, -0.25) is 9.59 Å². The minimum absolute atomic E-state index is 0.370. The predicted octanol–water partition coefficient (Wildman–Crippen LogP) is 0.391. The molecule has 0 spiro atoms. The standard InChI is InChI=1S/C10H17NO4/c1-6(10(13)14)11-9(12)7(2)15-5-8-3-4-8/h6-8H,3-5H2,1-2H3,(H,11,12)(H,13,14)/t6-,7?/m0/s1. The third kappa shape index (κ3) is 4.29. The molecular formula is C10H17NO4. The summed E-state index contributed by atoms with van der Waals surface area (Å²) in [6.45, 7) is 3.65. The van der Waals surface area contributed by atoms with Gasteiger partial charge in [-0.15, -0.1) is 0 Å². The SMILES string of the molecule is CC(OCC1CC1)C(=O)N[C@@H](C)C(=O)O. The van der Waals surface area contributed by atoms with E-state index in [1.807, 2.05) is 0 Å². The maximum absolute atomic E-state index is 11.4. The second kappa shape index (κ2) is 5.11. The van der Waals surface area contributed by atoms with Crippen molar-refractivity contribution in [1.29, 1.82) is 0 Å². The molecule has 1 amide bonds. The molecule has 1 rings (SSSR count). The van der Waals surface area contributed by atoms with Gasteiger partial charge in [0.15, 0.2) is 0 Å². The third-order valence-electron chi connectivity index (χ3n) is 2.38. The smallest absolute Gasteiger partial charge is 0.325 e. The Labute approximate surface area is 88.8 Å². The van der Waals surface area contributed by atoms with E-state index in [4.69, 9.17) is 9.84 Å². The van der Waals surface area contributed by atoms with Gasteiger partial charge >= 0.3 is 5.97 Å². The van der Waals surface area contributed by atoms with Crippen LogP contribution in [0.5, 0.6) is 0 Å². The van der Waals surface area contributed by atoms with Crippen LogP contribution in [0.25, 0.3) is 0 Å². The Balaban J connectivity index is 2.21. The molecule has 1 unspecified atom stereocenters. The Morgan fingerprint density at radius 1 is 1.47 bits per heavy atom. The molecule has 0 radical (unpaired) electrons. The van der Waals surface area contributed by atoms with E-state index in [0.717, 1.165) is 0 Å². The highest BCUT2D eigenvalue weighted by Crippen LogP contribution is 2.29. The summed E-state index contributed by atoms with van der Waals surface area (Å²) in [5.41, 5.74) is 0. The molecule has 15 heavy (non-hydrogen) atoms. The second-order valence-corrected chi connectivity index (χ2v) is 3.99. The van der Waals surface area contributed by atoms with Gasteiger partial charge in [0.2, 0.25) is 5.91 Å². The molecular weight excluding hydrogens is 198 g/mol. The van der Waals surface area contributed by atoms with Crippen LogP contribution in [0.15, 0.2) is 0 Å². The first kappa shape index (κ1) is 12.0. The van der Waals surface area contributed by atoms with Gasteiger partial charge in [0.05, 0.1) is 6.61 Å². The number of ether oxygens (including phenoxy) is 1. The van der Waals surface area contributed by atoms with Gasteiger partial charge in [-0.05, 0) is 32.6 Å². The number of carbonyl (C=O) groups excluding carboxylic acids is 1. The highest BCUT2D eigenvalue weighted by Gasteiger charge is 2.25. The minimum Gasteiger partial charge on any atom is -0.480 e. The fourth-order valence-corrected chi connectivity index (χ4v) is 1.03.